The monoisotopic (exact) mass is 405 g/mol. The van der Waals surface area contributed by atoms with Crippen molar-refractivity contribution in [2.75, 3.05) is 42.3 Å². The molecule has 0 spiro atoms. The summed E-state index contributed by atoms with van der Waals surface area (Å²) in [6, 6.07) is 15.9. The Hall–Kier alpha value is -3.32. The van der Waals surface area contributed by atoms with Gasteiger partial charge in [-0.05, 0) is 62.4 Å². The lowest BCUT2D eigenvalue weighted by atomic mass is 10.1. The molecular weight excluding hydrogens is 378 g/mol. The van der Waals surface area contributed by atoms with Crippen LogP contribution in [0.25, 0.3) is 11.3 Å². The Labute approximate surface area is 176 Å². The second kappa shape index (κ2) is 9.00. The highest BCUT2D eigenvalue weighted by Crippen LogP contribution is 2.29. The normalized spacial score (nSPS) is 14.0. The molecule has 4 rings (SSSR count). The Kier molecular flexibility index (Phi) is 5.99. The molecule has 1 saturated heterocycles. The smallest absolute Gasteiger partial charge is 0.227 e. The molecule has 0 radical (unpaired) electrons. The molecule has 2 aromatic carbocycles. The number of nitrogen functional groups attached to an aromatic ring is 1. The average molecular weight is 406 g/mol. The van der Waals surface area contributed by atoms with Crippen molar-refractivity contribution in [2.24, 2.45) is 0 Å². The molecule has 156 valence electrons. The van der Waals surface area contributed by atoms with E-state index in [9.17, 15) is 0 Å². The third-order valence-electron chi connectivity index (χ3n) is 4.82. The van der Waals surface area contributed by atoms with Gasteiger partial charge in [-0.3, -0.25) is 0 Å². The maximum absolute atomic E-state index is 6.15. The number of anilines is 4. The van der Waals surface area contributed by atoms with Gasteiger partial charge >= 0.3 is 0 Å². The number of nitrogens with one attached hydrogen (secondary N) is 1. The molecule has 1 aliphatic rings. The zero-order valence-electron chi connectivity index (χ0n) is 17.3. The van der Waals surface area contributed by atoms with Gasteiger partial charge < -0.3 is 25.4 Å². The highest BCUT2D eigenvalue weighted by Gasteiger charge is 2.11. The van der Waals surface area contributed by atoms with Gasteiger partial charge in [-0.2, -0.15) is 0 Å². The molecule has 0 atom stereocenters. The third kappa shape index (κ3) is 4.80. The Balaban J connectivity index is 1.47. The fraction of sp³-hybridized carbons (Fsp3) is 0.304. The third-order valence-corrected chi connectivity index (χ3v) is 4.82. The van der Waals surface area contributed by atoms with Gasteiger partial charge in [0.2, 0.25) is 5.95 Å². The van der Waals surface area contributed by atoms with Gasteiger partial charge in [-0.25, -0.2) is 9.97 Å². The van der Waals surface area contributed by atoms with Crippen molar-refractivity contribution < 1.29 is 9.47 Å². The van der Waals surface area contributed by atoms with Crippen molar-refractivity contribution in [1.29, 1.82) is 0 Å². The number of nitrogens with zero attached hydrogens (tertiary/aromatic N) is 3. The van der Waals surface area contributed by atoms with Crippen LogP contribution in [0.4, 0.5) is 23.0 Å². The van der Waals surface area contributed by atoms with Crippen LogP contribution in [0, 0.1) is 0 Å². The summed E-state index contributed by atoms with van der Waals surface area (Å²) in [6.07, 6.45) is 1.81. The zero-order chi connectivity index (χ0) is 20.9. The van der Waals surface area contributed by atoms with Crippen LogP contribution in [-0.2, 0) is 4.74 Å². The van der Waals surface area contributed by atoms with Gasteiger partial charge in [0.1, 0.15) is 5.75 Å². The van der Waals surface area contributed by atoms with E-state index in [2.05, 4.69) is 32.3 Å². The summed E-state index contributed by atoms with van der Waals surface area (Å²) >= 11 is 0. The van der Waals surface area contributed by atoms with Crippen molar-refractivity contribution in [2.45, 2.75) is 20.0 Å². The summed E-state index contributed by atoms with van der Waals surface area (Å²) in [6.45, 7) is 7.34. The van der Waals surface area contributed by atoms with Crippen LogP contribution < -0.4 is 20.7 Å². The van der Waals surface area contributed by atoms with Crippen LogP contribution >= 0.6 is 0 Å². The molecule has 0 aliphatic carbocycles. The summed E-state index contributed by atoms with van der Waals surface area (Å²) in [4.78, 5) is 11.3. The van der Waals surface area contributed by atoms with E-state index in [1.54, 1.807) is 6.20 Å². The molecule has 1 fully saturated rings. The average Bonchev–Trinajstić information content (AvgIpc) is 2.76. The van der Waals surface area contributed by atoms with E-state index >= 15 is 0 Å². The van der Waals surface area contributed by atoms with Gasteiger partial charge in [-0.15, -0.1) is 0 Å². The van der Waals surface area contributed by atoms with Crippen molar-refractivity contribution >= 4 is 23.0 Å². The topological polar surface area (TPSA) is 85.5 Å². The summed E-state index contributed by atoms with van der Waals surface area (Å²) in [7, 11) is 0. The molecule has 3 N–H and O–H groups in total. The minimum absolute atomic E-state index is 0.0719. The molecule has 1 aliphatic heterocycles. The number of hydrogen-bond acceptors (Lipinski definition) is 7. The van der Waals surface area contributed by atoms with Gasteiger partial charge in [0, 0.05) is 36.2 Å². The van der Waals surface area contributed by atoms with E-state index in [1.807, 2.05) is 50.2 Å². The van der Waals surface area contributed by atoms with Crippen LogP contribution in [0.15, 0.2) is 54.7 Å². The number of benzene rings is 2. The Morgan fingerprint density at radius 3 is 2.53 bits per heavy atom. The highest BCUT2D eigenvalue weighted by atomic mass is 16.5. The first kappa shape index (κ1) is 20.0. The summed E-state index contributed by atoms with van der Waals surface area (Å²) < 4.78 is 11.1. The second-order valence-corrected chi connectivity index (χ2v) is 7.46. The van der Waals surface area contributed by atoms with E-state index in [1.165, 1.54) is 5.69 Å². The van der Waals surface area contributed by atoms with E-state index < -0.39 is 0 Å². The minimum atomic E-state index is 0.0719. The molecule has 2 heterocycles. The fourth-order valence-corrected chi connectivity index (χ4v) is 3.35. The highest BCUT2D eigenvalue weighted by molar-refractivity contribution is 5.69. The lowest BCUT2D eigenvalue weighted by Gasteiger charge is -2.28. The SMILES string of the molecule is CC(C)Oc1ccc(-c2ccnc(Nc3ccc(N4CCOCC4)cc3)n2)cc1N. The molecule has 0 amide bonds. The van der Waals surface area contributed by atoms with Crippen molar-refractivity contribution in [1.82, 2.24) is 9.97 Å². The van der Waals surface area contributed by atoms with E-state index in [-0.39, 0.29) is 6.10 Å². The largest absolute Gasteiger partial charge is 0.489 e. The molecular formula is C23H27N5O2. The number of morpholine rings is 1. The summed E-state index contributed by atoms with van der Waals surface area (Å²) in [5.74, 6) is 1.22. The first-order valence-electron chi connectivity index (χ1n) is 10.2. The molecule has 3 aromatic rings. The van der Waals surface area contributed by atoms with Gasteiger partial charge in [-0.1, -0.05) is 0 Å². The molecule has 7 heteroatoms. The maximum atomic E-state index is 6.15. The second-order valence-electron chi connectivity index (χ2n) is 7.46. The minimum Gasteiger partial charge on any atom is -0.489 e. The molecule has 7 nitrogen and oxygen atoms in total. The maximum Gasteiger partial charge on any atom is 0.227 e. The number of rotatable bonds is 6. The lowest BCUT2D eigenvalue weighted by molar-refractivity contribution is 0.122. The lowest BCUT2D eigenvalue weighted by Crippen LogP contribution is -2.36. The van der Waals surface area contributed by atoms with Crippen molar-refractivity contribution in [3.8, 4) is 17.0 Å². The number of ether oxygens (including phenoxy) is 2. The quantitative estimate of drug-likeness (QED) is 0.597. The van der Waals surface area contributed by atoms with E-state index in [4.69, 9.17) is 15.2 Å². The van der Waals surface area contributed by atoms with Crippen LogP contribution in [0.2, 0.25) is 0 Å². The summed E-state index contributed by atoms with van der Waals surface area (Å²) in [5.41, 5.74) is 10.6. The molecule has 0 bridgehead atoms. The standard InChI is InChI=1S/C23H27N5O2/c1-16(2)30-22-8-3-17(15-20(22)24)21-9-10-25-23(27-21)26-18-4-6-19(7-5-18)28-11-13-29-14-12-28/h3-10,15-16H,11-14,24H2,1-2H3,(H,25,26,27). The molecule has 30 heavy (non-hydrogen) atoms. The number of aromatic nitrogens is 2. The van der Waals surface area contributed by atoms with Gasteiger partial charge in [0.25, 0.3) is 0 Å². The zero-order valence-corrected chi connectivity index (χ0v) is 17.3. The van der Waals surface area contributed by atoms with Crippen molar-refractivity contribution in [3.63, 3.8) is 0 Å². The van der Waals surface area contributed by atoms with Crippen LogP contribution in [0.3, 0.4) is 0 Å². The fourth-order valence-electron chi connectivity index (χ4n) is 3.35. The predicted molar refractivity (Wildman–Crippen MR) is 120 cm³/mol. The Morgan fingerprint density at radius 1 is 1.07 bits per heavy atom. The Bertz CT molecular complexity index is 985. The number of hydrogen-bond donors (Lipinski definition) is 2. The van der Waals surface area contributed by atoms with Crippen LogP contribution in [-0.4, -0.2) is 42.4 Å². The first-order valence-corrected chi connectivity index (χ1v) is 10.2. The number of nitrogens with two attached hydrogens (primary N) is 1. The van der Waals surface area contributed by atoms with Crippen LogP contribution in [0.5, 0.6) is 5.75 Å². The molecule has 0 saturated carbocycles. The van der Waals surface area contributed by atoms with Gasteiger partial charge in [0.15, 0.2) is 0 Å². The van der Waals surface area contributed by atoms with E-state index in [0.29, 0.717) is 17.4 Å². The van der Waals surface area contributed by atoms with Crippen molar-refractivity contribution in [3.05, 3.63) is 54.7 Å². The first-order chi connectivity index (χ1) is 14.6. The summed E-state index contributed by atoms with van der Waals surface area (Å²) in [5, 5.41) is 3.27. The van der Waals surface area contributed by atoms with Crippen LogP contribution in [0.1, 0.15) is 13.8 Å². The predicted octanol–water partition coefficient (Wildman–Crippen LogP) is 4.09. The molecule has 1 aromatic heterocycles. The molecule has 0 unspecified atom stereocenters. The Morgan fingerprint density at radius 2 is 1.83 bits per heavy atom. The van der Waals surface area contributed by atoms with E-state index in [0.717, 1.165) is 43.2 Å². The van der Waals surface area contributed by atoms with Gasteiger partial charge in [0.05, 0.1) is 30.7 Å².